The summed E-state index contributed by atoms with van der Waals surface area (Å²) in [5.41, 5.74) is 0.462. The average Bonchev–Trinajstić information content (AvgIpc) is 3.35. The van der Waals surface area contributed by atoms with E-state index in [0.29, 0.717) is 6.42 Å². The minimum absolute atomic E-state index is 0.143. The van der Waals surface area contributed by atoms with Gasteiger partial charge in [0.2, 0.25) is 0 Å². The molecule has 4 unspecified atom stereocenters. The lowest BCUT2D eigenvalue weighted by Crippen LogP contribution is -2.49. The zero-order valence-corrected chi connectivity index (χ0v) is 19.9. The van der Waals surface area contributed by atoms with Gasteiger partial charge in [-0.2, -0.15) is 13.2 Å². The highest BCUT2D eigenvalue weighted by molar-refractivity contribution is 8.00. The van der Waals surface area contributed by atoms with Crippen molar-refractivity contribution in [2.24, 2.45) is 11.8 Å². The number of para-hydroxylation sites is 2. The van der Waals surface area contributed by atoms with Crippen molar-refractivity contribution < 1.29 is 37.0 Å². The topological polar surface area (TPSA) is 97.0 Å². The monoisotopic (exact) mass is 503 g/mol. The molecule has 0 radical (unpaired) electrons. The Morgan fingerprint density at radius 3 is 2.59 bits per heavy atom. The molecule has 8 nitrogen and oxygen atoms in total. The van der Waals surface area contributed by atoms with Gasteiger partial charge in [-0.25, -0.2) is 0 Å². The minimum atomic E-state index is -4.63. The fraction of sp³-hybridized carbons (Fsp3) is 0.591. The molecule has 0 aliphatic carbocycles. The van der Waals surface area contributed by atoms with Gasteiger partial charge in [0.25, 0.3) is 5.91 Å². The van der Waals surface area contributed by atoms with Crippen LogP contribution in [0.1, 0.15) is 27.2 Å². The molecule has 0 saturated carbocycles. The zero-order chi connectivity index (χ0) is 25.0. The molecule has 0 aromatic heterocycles. The molecule has 1 aromatic carbocycles. The van der Waals surface area contributed by atoms with Crippen molar-refractivity contribution in [2.75, 3.05) is 30.0 Å². The second-order valence-corrected chi connectivity index (χ2v) is 9.78. The van der Waals surface area contributed by atoms with Crippen molar-refractivity contribution in [3.63, 3.8) is 0 Å². The quantitative estimate of drug-likeness (QED) is 0.523. The first-order chi connectivity index (χ1) is 16.0. The molecule has 12 heteroatoms. The van der Waals surface area contributed by atoms with E-state index in [4.69, 9.17) is 9.47 Å². The van der Waals surface area contributed by atoms with Gasteiger partial charge in [0.1, 0.15) is 6.54 Å². The summed E-state index contributed by atoms with van der Waals surface area (Å²) < 4.78 is 50.4. The van der Waals surface area contributed by atoms with E-state index in [1.165, 1.54) is 23.9 Å². The Labute approximate surface area is 199 Å². The molecule has 1 aromatic rings. The minimum Gasteiger partial charge on any atom is -0.466 e. The van der Waals surface area contributed by atoms with Crippen LogP contribution in [0.5, 0.6) is 0 Å². The number of carbonyl (C=O) groups excluding carboxylic acids is 3. The van der Waals surface area contributed by atoms with Gasteiger partial charge in [-0.1, -0.05) is 26.0 Å². The van der Waals surface area contributed by atoms with Gasteiger partial charge in [0, 0.05) is 5.25 Å². The second-order valence-electron chi connectivity index (χ2n) is 8.40. The summed E-state index contributed by atoms with van der Waals surface area (Å²) in [6, 6.07) is 6.09. The fourth-order valence-electron chi connectivity index (χ4n) is 3.92. The molecule has 1 fully saturated rings. The van der Waals surface area contributed by atoms with Crippen LogP contribution in [-0.4, -0.2) is 60.6 Å². The number of halogens is 3. The third-order valence-electron chi connectivity index (χ3n) is 5.60. The number of rotatable bonds is 8. The van der Waals surface area contributed by atoms with E-state index >= 15 is 0 Å². The highest BCUT2D eigenvalue weighted by Crippen LogP contribution is 2.42. The lowest BCUT2D eigenvalue weighted by atomic mass is 9.97. The van der Waals surface area contributed by atoms with E-state index in [1.807, 2.05) is 13.8 Å². The number of thioether (sulfide) groups is 1. The molecule has 0 bridgehead atoms. The number of carbonyl (C=O) groups is 3. The molecule has 34 heavy (non-hydrogen) atoms. The van der Waals surface area contributed by atoms with Crippen LogP contribution < -0.4 is 15.5 Å². The van der Waals surface area contributed by atoms with Crippen molar-refractivity contribution in [3.8, 4) is 0 Å². The number of alkyl halides is 3. The maximum Gasteiger partial charge on any atom is 0.427 e. The summed E-state index contributed by atoms with van der Waals surface area (Å²) >= 11 is 1.45. The molecule has 2 aliphatic heterocycles. The number of hydrogen-bond donors (Lipinski definition) is 2. The Morgan fingerprint density at radius 1 is 1.24 bits per heavy atom. The molecular formula is C22H28F3N3O5S. The first kappa shape index (κ1) is 26.0. The molecule has 1 saturated heterocycles. The van der Waals surface area contributed by atoms with Crippen molar-refractivity contribution >= 4 is 41.0 Å². The number of benzene rings is 1. The number of fused-ring (bicyclic) bond motifs is 1. The largest absolute Gasteiger partial charge is 0.466 e. The van der Waals surface area contributed by atoms with Crippen molar-refractivity contribution in [2.45, 2.75) is 50.2 Å². The summed E-state index contributed by atoms with van der Waals surface area (Å²) in [5, 5.41) is 4.64. The lowest BCUT2D eigenvalue weighted by molar-refractivity contribution is -0.152. The van der Waals surface area contributed by atoms with E-state index in [1.54, 1.807) is 19.1 Å². The highest BCUT2D eigenvalue weighted by atomic mass is 32.2. The number of nitrogens with one attached hydrogen (secondary N) is 2. The maximum absolute atomic E-state index is 13.5. The lowest BCUT2D eigenvalue weighted by Gasteiger charge is -2.27. The van der Waals surface area contributed by atoms with Gasteiger partial charge >= 0.3 is 18.1 Å². The van der Waals surface area contributed by atoms with E-state index in [2.05, 4.69) is 10.6 Å². The predicted molar refractivity (Wildman–Crippen MR) is 121 cm³/mol. The van der Waals surface area contributed by atoms with Gasteiger partial charge < -0.3 is 25.0 Å². The van der Waals surface area contributed by atoms with Crippen LogP contribution in [0.15, 0.2) is 24.3 Å². The summed E-state index contributed by atoms with van der Waals surface area (Å²) in [7, 11) is 0. The number of ether oxygens (including phenoxy) is 2. The average molecular weight is 504 g/mol. The number of esters is 2. The van der Waals surface area contributed by atoms with Crippen LogP contribution in [-0.2, 0) is 23.9 Å². The molecule has 0 spiro atoms. The van der Waals surface area contributed by atoms with Crippen molar-refractivity contribution in [3.05, 3.63) is 24.3 Å². The zero-order valence-electron chi connectivity index (χ0n) is 19.1. The van der Waals surface area contributed by atoms with Crippen LogP contribution in [0, 0.1) is 11.8 Å². The Kier molecular flexibility index (Phi) is 8.21. The molecule has 2 aliphatic rings. The van der Waals surface area contributed by atoms with Crippen LogP contribution in [0.25, 0.3) is 0 Å². The van der Waals surface area contributed by atoms with Crippen molar-refractivity contribution in [1.82, 2.24) is 5.32 Å². The molecule has 2 heterocycles. The second kappa shape index (κ2) is 10.7. The van der Waals surface area contributed by atoms with Crippen molar-refractivity contribution in [1.29, 1.82) is 0 Å². The first-order valence-corrected chi connectivity index (χ1v) is 11.9. The molecule has 3 rings (SSSR count). The Hall–Kier alpha value is -2.63. The standard InChI is InChI=1S/C22H28F3N3O5S/c1-4-32-20(31)13-9-16(12(2)3)34-19(13)27-17(29)11-33-18(30)10-28-15-8-6-5-7-14(15)26-21(28)22(23,24)25/h5-8,12-13,16,19,21,26H,4,9-11H2,1-3H3,(H,27,29). The van der Waals surface area contributed by atoms with Gasteiger partial charge in [-0.05, 0) is 31.4 Å². The van der Waals surface area contributed by atoms with Crippen LogP contribution in [0.4, 0.5) is 24.5 Å². The SMILES string of the molecule is CCOC(=O)C1CC(C(C)C)SC1NC(=O)COC(=O)CN1c2ccccc2NC1C(F)(F)F. The predicted octanol–water partition coefficient (Wildman–Crippen LogP) is 3.13. The normalized spacial score (nSPS) is 23.9. The summed E-state index contributed by atoms with van der Waals surface area (Å²) in [6.45, 7) is 4.59. The third kappa shape index (κ3) is 6.08. The van der Waals surface area contributed by atoms with E-state index < -0.39 is 54.6 Å². The highest BCUT2D eigenvalue weighted by Gasteiger charge is 2.48. The maximum atomic E-state index is 13.5. The van der Waals surface area contributed by atoms with Crippen LogP contribution >= 0.6 is 11.8 Å². The Morgan fingerprint density at radius 2 is 1.94 bits per heavy atom. The van der Waals surface area contributed by atoms with E-state index in [0.717, 1.165) is 4.90 Å². The summed E-state index contributed by atoms with van der Waals surface area (Å²) in [6.07, 6.45) is -6.17. The van der Waals surface area contributed by atoms with Crippen LogP contribution in [0.3, 0.4) is 0 Å². The van der Waals surface area contributed by atoms with Gasteiger partial charge in [-0.3, -0.25) is 14.4 Å². The third-order valence-corrected chi connectivity index (χ3v) is 7.43. The number of anilines is 2. The molecule has 188 valence electrons. The molecule has 1 amide bonds. The molecule has 2 N–H and O–H groups in total. The first-order valence-electron chi connectivity index (χ1n) is 11.0. The fourth-order valence-corrected chi connectivity index (χ4v) is 5.54. The summed E-state index contributed by atoms with van der Waals surface area (Å²) in [5.74, 6) is -2.28. The van der Waals surface area contributed by atoms with E-state index in [-0.39, 0.29) is 29.1 Å². The van der Waals surface area contributed by atoms with Gasteiger partial charge in [0.15, 0.2) is 12.8 Å². The summed E-state index contributed by atoms with van der Waals surface area (Å²) in [4.78, 5) is 37.9. The molecular weight excluding hydrogens is 475 g/mol. The number of hydrogen-bond acceptors (Lipinski definition) is 8. The van der Waals surface area contributed by atoms with E-state index in [9.17, 15) is 27.6 Å². The molecule has 4 atom stereocenters. The Bertz CT molecular complexity index is 914. The van der Waals surface area contributed by atoms with Gasteiger partial charge in [0.05, 0.1) is 29.3 Å². The Balaban J connectivity index is 1.57. The van der Waals surface area contributed by atoms with Crippen LogP contribution in [0.2, 0.25) is 0 Å². The number of nitrogens with zero attached hydrogens (tertiary/aromatic N) is 1. The number of amides is 1. The van der Waals surface area contributed by atoms with Gasteiger partial charge in [-0.15, -0.1) is 11.8 Å². The smallest absolute Gasteiger partial charge is 0.427 e.